The molecule has 3 heterocycles. The molecule has 112 valence electrons. The minimum atomic E-state index is 0.829. The van der Waals surface area contributed by atoms with Gasteiger partial charge in [-0.25, -0.2) is 4.68 Å². The van der Waals surface area contributed by atoms with Gasteiger partial charge in [-0.1, -0.05) is 15.9 Å². The van der Waals surface area contributed by atoms with Crippen molar-refractivity contribution in [3.8, 4) is 17.1 Å². The van der Waals surface area contributed by atoms with Crippen LogP contribution in [0.4, 0.5) is 5.82 Å². The zero-order valence-corrected chi connectivity index (χ0v) is 13.6. The van der Waals surface area contributed by atoms with Gasteiger partial charge < -0.3 is 9.73 Å². The summed E-state index contributed by atoms with van der Waals surface area (Å²) in [5, 5.41) is 8.36. The van der Waals surface area contributed by atoms with Gasteiger partial charge in [0.1, 0.15) is 11.5 Å². The van der Waals surface area contributed by atoms with Crippen LogP contribution in [0.3, 0.4) is 0 Å². The Morgan fingerprint density at radius 2 is 2.00 bits per heavy atom. The van der Waals surface area contributed by atoms with Crippen LogP contribution in [0.15, 0.2) is 51.6 Å². The van der Waals surface area contributed by atoms with Crippen molar-refractivity contribution < 1.29 is 4.42 Å². The molecule has 5 heteroatoms. The van der Waals surface area contributed by atoms with Gasteiger partial charge >= 0.3 is 0 Å². The Morgan fingerprint density at radius 1 is 1.14 bits per heavy atom. The standard InChI is InChI=1S/C17H16BrN3O/c18-12-6-8-13(9-7-12)21-17-14(4-1-2-10-19-17)16(20-21)15-5-3-11-22-15/h3,5-9,11,19H,1-2,4,10H2. The summed E-state index contributed by atoms with van der Waals surface area (Å²) in [7, 11) is 0. The van der Waals surface area contributed by atoms with E-state index in [9.17, 15) is 0 Å². The number of rotatable bonds is 2. The number of hydrogen-bond acceptors (Lipinski definition) is 3. The third-order valence-corrected chi connectivity index (χ3v) is 4.48. The molecule has 0 radical (unpaired) electrons. The molecule has 4 nitrogen and oxygen atoms in total. The molecule has 0 amide bonds. The zero-order chi connectivity index (χ0) is 14.9. The second kappa shape index (κ2) is 5.65. The van der Waals surface area contributed by atoms with Crippen LogP contribution in [0.5, 0.6) is 0 Å². The summed E-state index contributed by atoms with van der Waals surface area (Å²) in [5.41, 5.74) is 3.24. The monoisotopic (exact) mass is 357 g/mol. The lowest BCUT2D eigenvalue weighted by Gasteiger charge is -2.09. The molecule has 0 atom stereocenters. The molecule has 0 saturated heterocycles. The van der Waals surface area contributed by atoms with Gasteiger partial charge in [0, 0.05) is 16.6 Å². The van der Waals surface area contributed by atoms with Gasteiger partial charge in [0.15, 0.2) is 5.76 Å². The molecule has 0 spiro atoms. The summed E-state index contributed by atoms with van der Waals surface area (Å²) >= 11 is 3.48. The number of fused-ring (bicyclic) bond motifs is 1. The number of halogens is 1. The molecular weight excluding hydrogens is 342 g/mol. The molecule has 1 N–H and O–H groups in total. The van der Waals surface area contributed by atoms with Crippen LogP contribution in [-0.4, -0.2) is 16.3 Å². The molecule has 0 fully saturated rings. The maximum Gasteiger partial charge on any atom is 0.154 e. The summed E-state index contributed by atoms with van der Waals surface area (Å²) in [4.78, 5) is 0. The minimum absolute atomic E-state index is 0.829. The largest absolute Gasteiger partial charge is 0.463 e. The third kappa shape index (κ3) is 2.35. The first-order chi connectivity index (χ1) is 10.8. The Labute approximate surface area is 137 Å². The second-order valence-electron chi connectivity index (χ2n) is 5.43. The van der Waals surface area contributed by atoms with Gasteiger partial charge in [0.05, 0.1) is 12.0 Å². The Balaban J connectivity index is 1.89. The van der Waals surface area contributed by atoms with Crippen molar-refractivity contribution in [3.63, 3.8) is 0 Å². The van der Waals surface area contributed by atoms with Crippen LogP contribution in [0, 0.1) is 0 Å². The quantitative estimate of drug-likeness (QED) is 0.726. The van der Waals surface area contributed by atoms with Crippen molar-refractivity contribution in [2.24, 2.45) is 0 Å². The van der Waals surface area contributed by atoms with Gasteiger partial charge in [0.25, 0.3) is 0 Å². The minimum Gasteiger partial charge on any atom is -0.463 e. The van der Waals surface area contributed by atoms with Crippen LogP contribution in [0.2, 0.25) is 0 Å². The lowest BCUT2D eigenvalue weighted by molar-refractivity contribution is 0.578. The maximum absolute atomic E-state index is 5.58. The molecule has 22 heavy (non-hydrogen) atoms. The fourth-order valence-electron chi connectivity index (χ4n) is 2.88. The van der Waals surface area contributed by atoms with Crippen LogP contribution >= 0.6 is 15.9 Å². The summed E-state index contributed by atoms with van der Waals surface area (Å²) in [6, 6.07) is 12.1. The van der Waals surface area contributed by atoms with Gasteiger partial charge in [-0.05, 0) is 55.7 Å². The van der Waals surface area contributed by atoms with Crippen LogP contribution in [-0.2, 0) is 6.42 Å². The van der Waals surface area contributed by atoms with Crippen molar-refractivity contribution >= 4 is 21.7 Å². The van der Waals surface area contributed by atoms with E-state index in [0.29, 0.717) is 0 Å². The van der Waals surface area contributed by atoms with Gasteiger partial charge in [-0.15, -0.1) is 0 Å². The summed E-state index contributed by atoms with van der Waals surface area (Å²) in [6.07, 6.45) is 5.06. The number of nitrogens with zero attached hydrogens (tertiary/aromatic N) is 2. The zero-order valence-electron chi connectivity index (χ0n) is 12.1. The number of aromatic nitrogens is 2. The van der Waals surface area contributed by atoms with Gasteiger partial charge in [-0.3, -0.25) is 0 Å². The highest BCUT2D eigenvalue weighted by molar-refractivity contribution is 9.10. The van der Waals surface area contributed by atoms with E-state index >= 15 is 0 Å². The summed E-state index contributed by atoms with van der Waals surface area (Å²) in [6.45, 7) is 0.979. The first-order valence-electron chi connectivity index (χ1n) is 7.48. The van der Waals surface area contributed by atoms with Crippen LogP contribution < -0.4 is 5.32 Å². The predicted molar refractivity (Wildman–Crippen MR) is 90.4 cm³/mol. The van der Waals surface area contributed by atoms with E-state index in [1.165, 1.54) is 18.4 Å². The fourth-order valence-corrected chi connectivity index (χ4v) is 3.15. The SMILES string of the molecule is Brc1ccc(-n2nc(-c3ccco3)c3c2NCCCC3)cc1. The highest BCUT2D eigenvalue weighted by Gasteiger charge is 2.22. The van der Waals surface area contributed by atoms with Crippen molar-refractivity contribution in [3.05, 3.63) is 52.7 Å². The Morgan fingerprint density at radius 3 is 2.77 bits per heavy atom. The maximum atomic E-state index is 5.58. The highest BCUT2D eigenvalue weighted by atomic mass is 79.9. The first kappa shape index (κ1) is 13.6. The molecule has 1 aliphatic rings. The lowest BCUT2D eigenvalue weighted by Crippen LogP contribution is -2.07. The van der Waals surface area contributed by atoms with Crippen molar-refractivity contribution in [2.75, 3.05) is 11.9 Å². The Bertz CT molecular complexity index is 775. The molecule has 0 unspecified atom stereocenters. The molecule has 0 bridgehead atoms. The first-order valence-corrected chi connectivity index (χ1v) is 8.28. The molecule has 1 aromatic carbocycles. The topological polar surface area (TPSA) is 43.0 Å². The van der Waals surface area contributed by atoms with E-state index in [2.05, 4.69) is 33.4 Å². The molecule has 3 aromatic rings. The summed E-state index contributed by atoms with van der Waals surface area (Å²) in [5.74, 6) is 1.92. The van der Waals surface area contributed by atoms with Crippen LogP contribution in [0.1, 0.15) is 18.4 Å². The number of nitrogens with one attached hydrogen (secondary N) is 1. The molecule has 0 aliphatic carbocycles. The van der Waals surface area contributed by atoms with Gasteiger partial charge in [-0.2, -0.15) is 5.10 Å². The number of anilines is 1. The number of furan rings is 1. The molecule has 4 rings (SSSR count). The van der Waals surface area contributed by atoms with E-state index in [1.807, 2.05) is 28.9 Å². The number of hydrogen-bond donors (Lipinski definition) is 1. The van der Waals surface area contributed by atoms with Gasteiger partial charge in [0.2, 0.25) is 0 Å². The number of benzene rings is 1. The average Bonchev–Trinajstić information content (AvgIpc) is 3.10. The predicted octanol–water partition coefficient (Wildman–Crippen LogP) is 4.64. The smallest absolute Gasteiger partial charge is 0.154 e. The molecule has 0 saturated carbocycles. The van der Waals surface area contributed by atoms with E-state index < -0.39 is 0 Å². The highest BCUT2D eigenvalue weighted by Crippen LogP contribution is 2.34. The molecular formula is C17H16BrN3O. The fraction of sp³-hybridized carbons (Fsp3) is 0.235. The van der Waals surface area contributed by atoms with Crippen molar-refractivity contribution in [2.45, 2.75) is 19.3 Å². The average molecular weight is 358 g/mol. The van der Waals surface area contributed by atoms with Crippen LogP contribution in [0.25, 0.3) is 17.1 Å². The third-order valence-electron chi connectivity index (χ3n) is 3.96. The lowest BCUT2D eigenvalue weighted by atomic mass is 10.1. The van der Waals surface area contributed by atoms with Crippen molar-refractivity contribution in [1.82, 2.24) is 9.78 Å². The Kier molecular flexibility index (Phi) is 3.50. The van der Waals surface area contributed by atoms with Crippen molar-refractivity contribution in [1.29, 1.82) is 0 Å². The Hall–Kier alpha value is -2.01. The second-order valence-corrected chi connectivity index (χ2v) is 6.34. The van der Waals surface area contributed by atoms with E-state index in [-0.39, 0.29) is 0 Å². The van der Waals surface area contributed by atoms with E-state index in [0.717, 1.165) is 40.4 Å². The molecule has 2 aromatic heterocycles. The van der Waals surface area contributed by atoms with E-state index in [1.54, 1.807) is 6.26 Å². The normalized spacial score (nSPS) is 14.2. The summed E-state index contributed by atoms with van der Waals surface area (Å²) < 4.78 is 8.64. The molecule has 1 aliphatic heterocycles. The van der Waals surface area contributed by atoms with E-state index in [4.69, 9.17) is 9.52 Å².